The first kappa shape index (κ1) is 26.7. The van der Waals surface area contributed by atoms with Gasteiger partial charge >= 0.3 is 6.18 Å². The average molecular weight is 517 g/mol. The number of nitriles is 1. The van der Waals surface area contributed by atoms with E-state index in [9.17, 15) is 23.1 Å². The van der Waals surface area contributed by atoms with Crippen molar-refractivity contribution in [3.63, 3.8) is 0 Å². The number of halogens is 3. The van der Waals surface area contributed by atoms with Gasteiger partial charge in [-0.2, -0.15) is 18.4 Å². The number of aromatic nitrogens is 2. The number of aliphatic hydroxyl groups is 1. The first-order valence-electron chi connectivity index (χ1n) is 12.6. The Balaban J connectivity index is 1.46. The van der Waals surface area contributed by atoms with E-state index in [0.29, 0.717) is 63.3 Å². The third-order valence-electron chi connectivity index (χ3n) is 7.07. The van der Waals surface area contributed by atoms with Gasteiger partial charge in [0.25, 0.3) is 0 Å². The Bertz CT molecular complexity index is 1110. The summed E-state index contributed by atoms with van der Waals surface area (Å²) in [6.07, 6.45) is -0.710. The van der Waals surface area contributed by atoms with Crippen LogP contribution in [-0.2, 0) is 17.4 Å². The lowest BCUT2D eigenvalue weighted by molar-refractivity contribution is -0.144. The molecule has 11 heteroatoms. The zero-order valence-electron chi connectivity index (χ0n) is 20.5. The van der Waals surface area contributed by atoms with Crippen molar-refractivity contribution in [3.8, 4) is 6.07 Å². The highest BCUT2D eigenvalue weighted by Gasteiger charge is 2.38. The van der Waals surface area contributed by atoms with E-state index in [2.05, 4.69) is 21.4 Å². The summed E-state index contributed by atoms with van der Waals surface area (Å²) in [4.78, 5) is 24.1. The van der Waals surface area contributed by atoms with Crippen LogP contribution in [0, 0.1) is 17.2 Å². The Morgan fingerprint density at radius 2 is 1.81 bits per heavy atom. The Morgan fingerprint density at radius 1 is 1.11 bits per heavy atom. The molecule has 2 aliphatic rings. The fourth-order valence-electron chi connectivity index (χ4n) is 5.00. The Labute approximate surface area is 214 Å². The zero-order chi connectivity index (χ0) is 26.4. The summed E-state index contributed by atoms with van der Waals surface area (Å²) in [5.41, 5.74) is 1.53. The minimum absolute atomic E-state index is 0.104. The third kappa shape index (κ3) is 6.68. The standard InChI is InChI=1S/C26H31F3N6O2/c27-26(28,29)25-32-22(34-13-8-19(9-14-34)10-15-36)16-23(33-25)35-12-1-2-21(35)24(37)31-11-7-18-3-5-20(17-30)6-4-18/h3-6,16,19,21,36H,1-2,7-15H2,(H,31,37). The molecule has 1 unspecified atom stereocenters. The van der Waals surface area contributed by atoms with Crippen molar-refractivity contribution >= 4 is 17.5 Å². The molecule has 4 rings (SSSR count). The lowest BCUT2D eigenvalue weighted by Crippen LogP contribution is -2.44. The predicted octanol–water partition coefficient (Wildman–Crippen LogP) is 3.29. The topological polar surface area (TPSA) is 105 Å². The van der Waals surface area contributed by atoms with Crippen molar-refractivity contribution in [3.05, 3.63) is 47.3 Å². The van der Waals surface area contributed by atoms with Crippen molar-refractivity contribution in [2.45, 2.75) is 50.7 Å². The van der Waals surface area contributed by atoms with Crippen molar-refractivity contribution in [2.24, 2.45) is 5.92 Å². The van der Waals surface area contributed by atoms with E-state index in [1.165, 1.54) is 0 Å². The fourth-order valence-corrected chi connectivity index (χ4v) is 5.00. The number of hydrogen-bond acceptors (Lipinski definition) is 7. The maximum Gasteiger partial charge on any atom is 0.451 e. The number of piperidine rings is 1. The van der Waals surface area contributed by atoms with Crippen molar-refractivity contribution in [1.82, 2.24) is 15.3 Å². The van der Waals surface area contributed by atoms with E-state index in [1.807, 2.05) is 17.0 Å². The fraction of sp³-hybridized carbons (Fsp3) is 0.538. The van der Waals surface area contributed by atoms with Gasteiger partial charge in [-0.3, -0.25) is 4.79 Å². The van der Waals surface area contributed by atoms with Crippen LogP contribution < -0.4 is 15.1 Å². The number of carbonyl (C=O) groups excluding carboxylic acids is 1. The molecule has 2 N–H and O–H groups in total. The molecule has 1 amide bonds. The van der Waals surface area contributed by atoms with Crippen molar-refractivity contribution in [1.29, 1.82) is 5.26 Å². The van der Waals surface area contributed by atoms with E-state index in [1.54, 1.807) is 23.1 Å². The number of carbonyl (C=O) groups is 1. The van der Waals surface area contributed by atoms with Gasteiger partial charge in [0.05, 0.1) is 11.6 Å². The number of amides is 1. The molecule has 8 nitrogen and oxygen atoms in total. The molecular weight excluding hydrogens is 485 g/mol. The van der Waals surface area contributed by atoms with Gasteiger partial charge in [0, 0.05) is 38.9 Å². The van der Waals surface area contributed by atoms with Gasteiger partial charge in [-0.05, 0) is 62.1 Å². The number of anilines is 2. The second-order valence-corrected chi connectivity index (χ2v) is 9.55. The average Bonchev–Trinajstić information content (AvgIpc) is 3.39. The van der Waals surface area contributed by atoms with E-state index in [-0.39, 0.29) is 24.1 Å². The van der Waals surface area contributed by atoms with Crippen LogP contribution >= 0.6 is 0 Å². The highest BCUT2D eigenvalue weighted by Crippen LogP contribution is 2.34. The van der Waals surface area contributed by atoms with Crippen LogP contribution in [0.1, 0.15) is 49.1 Å². The summed E-state index contributed by atoms with van der Waals surface area (Å²) in [7, 11) is 0. The molecule has 0 radical (unpaired) electrons. The highest BCUT2D eigenvalue weighted by molar-refractivity contribution is 5.85. The van der Waals surface area contributed by atoms with Gasteiger partial charge in [-0.25, -0.2) is 9.97 Å². The third-order valence-corrected chi connectivity index (χ3v) is 7.07. The summed E-state index contributed by atoms with van der Waals surface area (Å²) in [5, 5.41) is 21.0. The number of rotatable bonds is 8. The van der Waals surface area contributed by atoms with E-state index in [4.69, 9.17) is 5.26 Å². The second kappa shape index (κ2) is 11.8. The monoisotopic (exact) mass is 516 g/mol. The Hall–Kier alpha value is -3.39. The molecule has 1 aromatic carbocycles. The van der Waals surface area contributed by atoms with Gasteiger partial charge in [0.1, 0.15) is 17.7 Å². The minimum Gasteiger partial charge on any atom is -0.396 e. The molecule has 3 heterocycles. The number of aliphatic hydroxyl groups excluding tert-OH is 1. The molecule has 2 saturated heterocycles. The number of benzene rings is 1. The van der Waals surface area contributed by atoms with Crippen LogP contribution in [0.4, 0.5) is 24.8 Å². The Morgan fingerprint density at radius 3 is 2.46 bits per heavy atom. The van der Waals surface area contributed by atoms with Gasteiger partial charge in [-0.1, -0.05) is 12.1 Å². The molecule has 0 saturated carbocycles. The molecule has 198 valence electrons. The summed E-state index contributed by atoms with van der Waals surface area (Å²) in [5.74, 6) is -0.777. The van der Waals surface area contributed by atoms with Gasteiger partial charge < -0.3 is 20.2 Å². The number of nitrogens with one attached hydrogen (secondary N) is 1. The quantitative estimate of drug-likeness (QED) is 0.555. The van der Waals surface area contributed by atoms with Crippen molar-refractivity contribution < 1.29 is 23.1 Å². The number of alkyl halides is 3. The summed E-state index contributed by atoms with van der Waals surface area (Å²) < 4.78 is 41.1. The SMILES string of the molecule is N#Cc1ccc(CCNC(=O)C2CCCN2c2cc(N3CCC(CCO)CC3)nc(C(F)(F)F)n2)cc1. The summed E-state index contributed by atoms with van der Waals surface area (Å²) >= 11 is 0. The van der Waals surface area contributed by atoms with Crippen LogP contribution in [-0.4, -0.2) is 59.8 Å². The lowest BCUT2D eigenvalue weighted by Gasteiger charge is -2.33. The largest absolute Gasteiger partial charge is 0.451 e. The van der Waals surface area contributed by atoms with E-state index in [0.717, 1.165) is 18.4 Å². The maximum atomic E-state index is 13.7. The first-order valence-corrected chi connectivity index (χ1v) is 12.6. The number of hydrogen-bond donors (Lipinski definition) is 2. The second-order valence-electron chi connectivity index (χ2n) is 9.55. The molecular formula is C26H31F3N6O2. The summed E-state index contributed by atoms with van der Waals surface area (Å²) in [6.45, 7) is 2.02. The molecule has 1 aromatic heterocycles. The molecule has 2 aromatic rings. The normalized spacial score (nSPS) is 18.6. The van der Waals surface area contributed by atoms with Crippen LogP contribution in [0.5, 0.6) is 0 Å². The zero-order valence-corrected chi connectivity index (χ0v) is 20.5. The molecule has 2 fully saturated rings. The maximum absolute atomic E-state index is 13.7. The molecule has 2 aliphatic heterocycles. The highest BCUT2D eigenvalue weighted by atomic mass is 19.4. The van der Waals surface area contributed by atoms with Crippen LogP contribution in [0.2, 0.25) is 0 Å². The van der Waals surface area contributed by atoms with E-state index < -0.39 is 18.0 Å². The van der Waals surface area contributed by atoms with Crippen LogP contribution in [0.3, 0.4) is 0 Å². The lowest BCUT2D eigenvalue weighted by atomic mass is 9.94. The van der Waals surface area contributed by atoms with Gasteiger partial charge in [0.15, 0.2) is 0 Å². The van der Waals surface area contributed by atoms with Crippen LogP contribution in [0.25, 0.3) is 0 Å². The van der Waals surface area contributed by atoms with Crippen LogP contribution in [0.15, 0.2) is 30.3 Å². The molecule has 1 atom stereocenters. The van der Waals surface area contributed by atoms with Gasteiger partial charge in [-0.15, -0.1) is 0 Å². The molecule has 0 aliphatic carbocycles. The number of nitrogens with zero attached hydrogens (tertiary/aromatic N) is 5. The molecule has 0 spiro atoms. The molecule has 0 bridgehead atoms. The minimum atomic E-state index is -4.71. The first-order chi connectivity index (χ1) is 17.8. The molecule has 37 heavy (non-hydrogen) atoms. The predicted molar refractivity (Wildman–Crippen MR) is 132 cm³/mol. The summed E-state index contributed by atoms with van der Waals surface area (Å²) in [6, 6.07) is 10.1. The van der Waals surface area contributed by atoms with E-state index >= 15 is 0 Å². The van der Waals surface area contributed by atoms with Gasteiger partial charge in [0.2, 0.25) is 11.7 Å². The smallest absolute Gasteiger partial charge is 0.396 e. The van der Waals surface area contributed by atoms with Crippen molar-refractivity contribution in [2.75, 3.05) is 42.6 Å². The Kier molecular flexibility index (Phi) is 8.48.